The van der Waals surface area contributed by atoms with Gasteiger partial charge < -0.3 is 9.30 Å². The number of aromatic nitrogens is 1. The zero-order chi connectivity index (χ0) is 28.2. The third-order valence-corrected chi connectivity index (χ3v) is 8.32. The highest BCUT2D eigenvalue weighted by Crippen LogP contribution is 2.34. The summed E-state index contributed by atoms with van der Waals surface area (Å²) in [5.74, 6) is 0.494. The Morgan fingerprint density at radius 2 is 1.68 bits per heavy atom. The van der Waals surface area contributed by atoms with Crippen LogP contribution in [0.3, 0.4) is 0 Å². The summed E-state index contributed by atoms with van der Waals surface area (Å²) in [6, 6.07) is 25.3. The lowest BCUT2D eigenvalue weighted by Gasteiger charge is -2.12. The fourth-order valence-corrected chi connectivity index (χ4v) is 6.06. The number of hydrogen-bond donors (Lipinski definition) is 0. The molecule has 40 heavy (non-hydrogen) atoms. The van der Waals surface area contributed by atoms with Gasteiger partial charge >= 0.3 is 0 Å². The molecule has 2 amide bonds. The van der Waals surface area contributed by atoms with Gasteiger partial charge in [-0.3, -0.25) is 14.5 Å². The van der Waals surface area contributed by atoms with Gasteiger partial charge in [-0.2, -0.15) is 0 Å². The number of carbonyl (C=O) groups excluding carboxylic acids is 2. The Labute approximate surface area is 248 Å². The van der Waals surface area contributed by atoms with Crippen molar-refractivity contribution in [2.75, 3.05) is 6.54 Å². The quantitative estimate of drug-likeness (QED) is 0.183. The maximum Gasteiger partial charge on any atom is 0.293 e. The number of thioether (sulfide) groups is 1. The van der Waals surface area contributed by atoms with E-state index < -0.39 is 0 Å². The van der Waals surface area contributed by atoms with Crippen molar-refractivity contribution in [3.05, 3.63) is 122 Å². The van der Waals surface area contributed by atoms with Crippen LogP contribution in [0, 0.1) is 13.8 Å². The van der Waals surface area contributed by atoms with E-state index in [4.69, 9.17) is 27.9 Å². The van der Waals surface area contributed by atoms with Gasteiger partial charge in [0.15, 0.2) is 0 Å². The van der Waals surface area contributed by atoms with Gasteiger partial charge in [0.2, 0.25) is 0 Å². The van der Waals surface area contributed by atoms with Crippen LogP contribution in [0.1, 0.15) is 34.5 Å². The Morgan fingerprint density at radius 3 is 2.40 bits per heavy atom. The summed E-state index contributed by atoms with van der Waals surface area (Å²) in [6.45, 7) is 4.78. The van der Waals surface area contributed by atoms with Crippen LogP contribution >= 0.6 is 35.0 Å². The maximum atomic E-state index is 13.1. The molecule has 0 N–H and O–H groups in total. The first-order valence-electron chi connectivity index (χ1n) is 13.0. The number of hydrogen-bond acceptors (Lipinski definition) is 4. The molecule has 1 aliphatic heterocycles. The number of aryl methyl sites for hydroxylation is 2. The Balaban J connectivity index is 1.26. The molecule has 0 saturated carbocycles. The van der Waals surface area contributed by atoms with Gasteiger partial charge in [-0.15, -0.1) is 0 Å². The number of carbonyl (C=O) groups is 2. The minimum absolute atomic E-state index is 0.214. The van der Waals surface area contributed by atoms with Crippen LogP contribution in [0.2, 0.25) is 10.0 Å². The topological polar surface area (TPSA) is 51.5 Å². The van der Waals surface area contributed by atoms with E-state index in [0.29, 0.717) is 28.1 Å². The second kappa shape index (κ2) is 12.4. The first-order chi connectivity index (χ1) is 19.3. The van der Waals surface area contributed by atoms with Crippen molar-refractivity contribution >= 4 is 52.2 Å². The van der Waals surface area contributed by atoms with Crippen LogP contribution < -0.4 is 4.74 Å². The Morgan fingerprint density at radius 1 is 0.925 bits per heavy atom. The summed E-state index contributed by atoms with van der Waals surface area (Å²) in [5, 5.41) is 0.943. The first kappa shape index (κ1) is 28.1. The maximum absolute atomic E-state index is 13.1. The molecular formula is C32H28Cl2N2O3S. The van der Waals surface area contributed by atoms with E-state index in [1.807, 2.05) is 74.5 Å². The average molecular weight is 592 g/mol. The molecule has 0 radical (unpaired) electrons. The largest absolute Gasteiger partial charge is 0.489 e. The SMILES string of the molecule is Cc1cc(/C=C2/SC(=O)N(CCCc3ccccc3)C2=O)c(C)n1-c1ccc(OCc2ccc(Cl)cc2Cl)cc1. The molecular weight excluding hydrogens is 563 g/mol. The number of rotatable bonds is 9. The summed E-state index contributed by atoms with van der Waals surface area (Å²) >= 11 is 13.2. The molecule has 4 aromatic rings. The number of nitrogens with zero attached hydrogens (tertiary/aromatic N) is 2. The molecule has 0 unspecified atom stereocenters. The van der Waals surface area contributed by atoms with Crippen LogP contribution in [-0.4, -0.2) is 27.2 Å². The van der Waals surface area contributed by atoms with Gasteiger partial charge in [-0.25, -0.2) is 0 Å². The van der Waals surface area contributed by atoms with Crippen molar-refractivity contribution in [2.45, 2.75) is 33.3 Å². The highest BCUT2D eigenvalue weighted by molar-refractivity contribution is 8.18. The van der Waals surface area contributed by atoms with Gasteiger partial charge in [0.25, 0.3) is 11.1 Å². The third kappa shape index (κ3) is 6.30. The van der Waals surface area contributed by atoms with E-state index >= 15 is 0 Å². The molecule has 3 aromatic carbocycles. The van der Waals surface area contributed by atoms with Crippen LogP contribution in [0.15, 0.2) is 83.8 Å². The van der Waals surface area contributed by atoms with Crippen LogP contribution in [0.25, 0.3) is 11.8 Å². The molecule has 5 nitrogen and oxygen atoms in total. The smallest absolute Gasteiger partial charge is 0.293 e. The van der Waals surface area contributed by atoms with Crippen molar-refractivity contribution in [3.63, 3.8) is 0 Å². The van der Waals surface area contributed by atoms with E-state index in [-0.39, 0.29) is 11.1 Å². The molecule has 0 atom stereocenters. The lowest BCUT2D eigenvalue weighted by Crippen LogP contribution is -2.29. The van der Waals surface area contributed by atoms with Gasteiger partial charge in [-0.1, -0.05) is 59.6 Å². The molecule has 1 fully saturated rings. The van der Waals surface area contributed by atoms with Gasteiger partial charge in [0, 0.05) is 39.2 Å². The van der Waals surface area contributed by atoms with Crippen molar-refractivity contribution < 1.29 is 14.3 Å². The summed E-state index contributed by atoms with van der Waals surface area (Å²) in [4.78, 5) is 27.5. The van der Waals surface area contributed by atoms with E-state index in [0.717, 1.165) is 58.6 Å². The van der Waals surface area contributed by atoms with E-state index in [9.17, 15) is 9.59 Å². The molecule has 0 aliphatic carbocycles. The number of halogens is 2. The summed E-state index contributed by atoms with van der Waals surface area (Å²) in [6.07, 6.45) is 3.38. The molecule has 1 aromatic heterocycles. The number of imide groups is 1. The Hall–Kier alpha value is -3.45. The third-order valence-electron chi connectivity index (χ3n) is 6.82. The lowest BCUT2D eigenvalue weighted by atomic mass is 10.1. The number of benzene rings is 3. The first-order valence-corrected chi connectivity index (χ1v) is 14.5. The Kier molecular flexibility index (Phi) is 8.69. The van der Waals surface area contributed by atoms with Crippen molar-refractivity contribution in [1.82, 2.24) is 9.47 Å². The lowest BCUT2D eigenvalue weighted by molar-refractivity contribution is -0.122. The molecule has 1 aliphatic rings. The van der Waals surface area contributed by atoms with Crippen molar-refractivity contribution in [1.29, 1.82) is 0 Å². The number of amides is 2. The highest BCUT2D eigenvalue weighted by Gasteiger charge is 2.34. The number of ether oxygens (including phenoxy) is 1. The van der Waals surface area contributed by atoms with E-state index in [2.05, 4.69) is 16.7 Å². The van der Waals surface area contributed by atoms with Crippen LogP contribution in [-0.2, 0) is 17.8 Å². The molecule has 2 heterocycles. The predicted molar refractivity (Wildman–Crippen MR) is 163 cm³/mol. The van der Waals surface area contributed by atoms with Gasteiger partial charge in [0.05, 0.1) is 4.91 Å². The zero-order valence-corrected chi connectivity index (χ0v) is 24.5. The molecule has 0 bridgehead atoms. The molecule has 5 rings (SSSR count). The minimum atomic E-state index is -0.227. The molecule has 8 heteroatoms. The predicted octanol–water partition coefficient (Wildman–Crippen LogP) is 8.65. The van der Waals surface area contributed by atoms with Gasteiger partial charge in [-0.05, 0) is 98.1 Å². The molecule has 1 saturated heterocycles. The summed E-state index contributed by atoms with van der Waals surface area (Å²) < 4.78 is 8.04. The molecule has 0 spiro atoms. The van der Waals surface area contributed by atoms with E-state index in [1.54, 1.807) is 12.1 Å². The summed E-state index contributed by atoms with van der Waals surface area (Å²) in [7, 11) is 0. The van der Waals surface area contributed by atoms with Crippen LogP contribution in [0.5, 0.6) is 5.75 Å². The second-order valence-corrected chi connectivity index (χ2v) is 11.4. The van der Waals surface area contributed by atoms with Crippen molar-refractivity contribution in [2.24, 2.45) is 0 Å². The molecule has 204 valence electrons. The standard InChI is InChI=1S/C32H28Cl2N2O3S/c1-21-17-25(18-30-31(37)35(32(38)40-30)16-6-9-23-7-4-3-5-8-23)22(2)36(21)27-12-14-28(15-13-27)39-20-24-10-11-26(33)19-29(24)34/h3-5,7-8,10-15,17-19H,6,9,16,20H2,1-2H3/b30-18+. The fourth-order valence-electron chi connectivity index (χ4n) is 4.74. The average Bonchev–Trinajstić information content (AvgIpc) is 3.37. The Bertz CT molecular complexity index is 1580. The summed E-state index contributed by atoms with van der Waals surface area (Å²) in [5.41, 5.74) is 5.94. The van der Waals surface area contributed by atoms with Gasteiger partial charge in [0.1, 0.15) is 12.4 Å². The normalized spacial score (nSPS) is 14.4. The van der Waals surface area contributed by atoms with Crippen LogP contribution in [0.4, 0.5) is 4.79 Å². The highest BCUT2D eigenvalue weighted by atomic mass is 35.5. The zero-order valence-electron chi connectivity index (χ0n) is 22.2. The monoisotopic (exact) mass is 590 g/mol. The minimum Gasteiger partial charge on any atom is -0.489 e. The fraction of sp³-hybridized carbons (Fsp3) is 0.188. The van der Waals surface area contributed by atoms with E-state index in [1.165, 1.54) is 10.5 Å². The second-order valence-electron chi connectivity index (χ2n) is 9.60. The van der Waals surface area contributed by atoms with Crippen molar-refractivity contribution in [3.8, 4) is 11.4 Å².